The summed E-state index contributed by atoms with van der Waals surface area (Å²) in [6.07, 6.45) is 3.86. The van der Waals surface area contributed by atoms with E-state index in [0.29, 0.717) is 10.3 Å². The van der Waals surface area contributed by atoms with Crippen LogP contribution in [-0.2, 0) is 0 Å². The van der Waals surface area contributed by atoms with Crippen LogP contribution in [0.4, 0.5) is 0 Å². The number of rotatable bonds is 3. The first-order chi connectivity index (χ1) is 8.52. The summed E-state index contributed by atoms with van der Waals surface area (Å²) in [5.41, 5.74) is 5.72. The van der Waals surface area contributed by atoms with Gasteiger partial charge in [-0.05, 0) is 37.5 Å². The Labute approximate surface area is 122 Å². The summed E-state index contributed by atoms with van der Waals surface area (Å²) in [5.74, 6) is 0. The Bertz CT molecular complexity index is 429. The van der Waals surface area contributed by atoms with Crippen molar-refractivity contribution in [1.82, 2.24) is 0 Å². The van der Waals surface area contributed by atoms with Gasteiger partial charge in [-0.2, -0.15) is 0 Å². The predicted octanol–water partition coefficient (Wildman–Crippen LogP) is 3.72. The summed E-state index contributed by atoms with van der Waals surface area (Å²) in [7, 11) is 0. The Morgan fingerprint density at radius 1 is 1.44 bits per heavy atom. The third kappa shape index (κ3) is 3.55. The maximum Gasteiger partial charge on any atom is 0.0611 e. The van der Waals surface area contributed by atoms with Gasteiger partial charge in [0.2, 0.25) is 0 Å². The molecule has 1 fully saturated rings. The zero-order chi connectivity index (χ0) is 13.2. The molecule has 1 aliphatic rings. The summed E-state index contributed by atoms with van der Waals surface area (Å²) in [4.78, 5) is 0.997. The lowest BCUT2D eigenvalue weighted by molar-refractivity contribution is 0.159. The summed E-state index contributed by atoms with van der Waals surface area (Å²) < 4.78 is 0. The number of thioether (sulfide) groups is 1. The van der Waals surface area contributed by atoms with Gasteiger partial charge in [-0.3, -0.25) is 0 Å². The van der Waals surface area contributed by atoms with Gasteiger partial charge in [0.15, 0.2) is 0 Å². The van der Waals surface area contributed by atoms with Crippen LogP contribution in [0.1, 0.15) is 25.7 Å². The van der Waals surface area contributed by atoms with Crippen LogP contribution in [0.15, 0.2) is 23.1 Å². The largest absolute Gasteiger partial charge is 0.394 e. The fraction of sp³-hybridized carbons (Fsp3) is 0.538. The molecule has 1 saturated carbocycles. The lowest BCUT2D eigenvalue weighted by Crippen LogP contribution is -2.48. The Hall–Kier alpha value is 0.0700. The number of aliphatic hydroxyl groups is 1. The van der Waals surface area contributed by atoms with Gasteiger partial charge in [0.05, 0.1) is 11.6 Å². The maximum absolute atomic E-state index is 9.35. The third-order valence-electron chi connectivity index (χ3n) is 3.34. The van der Waals surface area contributed by atoms with E-state index in [2.05, 4.69) is 0 Å². The molecule has 0 bridgehead atoms. The zero-order valence-corrected chi connectivity index (χ0v) is 12.4. The smallest absolute Gasteiger partial charge is 0.0611 e. The Morgan fingerprint density at radius 2 is 2.22 bits per heavy atom. The van der Waals surface area contributed by atoms with Crippen LogP contribution < -0.4 is 5.73 Å². The quantitative estimate of drug-likeness (QED) is 0.894. The fourth-order valence-corrected chi connectivity index (χ4v) is 4.25. The molecule has 0 heterocycles. The molecule has 1 aliphatic carbocycles. The van der Waals surface area contributed by atoms with Crippen LogP contribution in [-0.4, -0.2) is 22.5 Å². The van der Waals surface area contributed by atoms with E-state index < -0.39 is 5.54 Å². The first kappa shape index (κ1) is 14.5. The Balaban J connectivity index is 2.07. The van der Waals surface area contributed by atoms with E-state index >= 15 is 0 Å². The van der Waals surface area contributed by atoms with Crippen molar-refractivity contribution in [2.45, 2.75) is 41.4 Å². The van der Waals surface area contributed by atoms with E-state index in [1.54, 1.807) is 17.8 Å². The van der Waals surface area contributed by atoms with Crippen molar-refractivity contribution in [3.05, 3.63) is 28.2 Å². The summed E-state index contributed by atoms with van der Waals surface area (Å²) in [6, 6.07) is 5.49. The lowest BCUT2D eigenvalue weighted by atomic mass is 9.83. The normalized spacial score (nSPS) is 28.3. The molecule has 0 saturated heterocycles. The van der Waals surface area contributed by atoms with Gasteiger partial charge in [-0.25, -0.2) is 0 Å². The maximum atomic E-state index is 9.35. The third-order valence-corrected chi connectivity index (χ3v) is 5.34. The van der Waals surface area contributed by atoms with Crippen molar-refractivity contribution in [3.8, 4) is 0 Å². The number of halogens is 2. The SMILES string of the molecule is NC1(CO)CCCC(Sc2cc(Cl)ccc2Cl)C1. The van der Waals surface area contributed by atoms with Gasteiger partial charge >= 0.3 is 0 Å². The summed E-state index contributed by atoms with van der Waals surface area (Å²) in [6.45, 7) is 0.0489. The molecule has 0 aliphatic heterocycles. The number of aliphatic hydroxyl groups excluding tert-OH is 1. The molecule has 2 rings (SSSR count). The molecule has 1 aromatic carbocycles. The minimum Gasteiger partial charge on any atom is -0.394 e. The average Bonchev–Trinajstić information content (AvgIpc) is 2.34. The second-order valence-electron chi connectivity index (χ2n) is 4.93. The van der Waals surface area contributed by atoms with Crippen molar-refractivity contribution >= 4 is 35.0 Å². The van der Waals surface area contributed by atoms with Crippen molar-refractivity contribution in [2.24, 2.45) is 5.73 Å². The Kier molecular flexibility index (Phi) is 4.84. The zero-order valence-electron chi connectivity index (χ0n) is 10.0. The molecule has 2 nitrogen and oxygen atoms in total. The number of hydrogen-bond donors (Lipinski definition) is 2. The highest BCUT2D eigenvalue weighted by molar-refractivity contribution is 8.00. The molecule has 1 aromatic rings. The van der Waals surface area contributed by atoms with E-state index in [0.717, 1.165) is 35.6 Å². The average molecular weight is 306 g/mol. The lowest BCUT2D eigenvalue weighted by Gasteiger charge is -2.36. The van der Waals surface area contributed by atoms with Crippen LogP contribution in [0.3, 0.4) is 0 Å². The van der Waals surface area contributed by atoms with Crippen LogP contribution >= 0.6 is 35.0 Å². The molecule has 18 heavy (non-hydrogen) atoms. The highest BCUT2D eigenvalue weighted by atomic mass is 35.5. The second-order valence-corrected chi connectivity index (χ2v) is 7.12. The second kappa shape index (κ2) is 6.02. The summed E-state index contributed by atoms with van der Waals surface area (Å²) in [5, 5.41) is 11.2. The Morgan fingerprint density at radius 3 is 2.94 bits per heavy atom. The van der Waals surface area contributed by atoms with Gasteiger partial charge < -0.3 is 10.8 Å². The minimum atomic E-state index is -0.430. The van der Waals surface area contributed by atoms with Crippen LogP contribution in [0.2, 0.25) is 10.0 Å². The molecule has 2 atom stereocenters. The highest BCUT2D eigenvalue weighted by Crippen LogP contribution is 2.40. The van der Waals surface area contributed by atoms with Gasteiger partial charge in [-0.1, -0.05) is 29.6 Å². The monoisotopic (exact) mass is 305 g/mol. The molecule has 3 N–H and O–H groups in total. The van der Waals surface area contributed by atoms with Gasteiger partial charge in [0.25, 0.3) is 0 Å². The molecule has 5 heteroatoms. The molecular formula is C13H17Cl2NOS. The van der Waals surface area contributed by atoms with E-state index in [1.807, 2.05) is 12.1 Å². The number of nitrogens with two attached hydrogens (primary N) is 1. The predicted molar refractivity (Wildman–Crippen MR) is 78.6 cm³/mol. The van der Waals surface area contributed by atoms with Gasteiger partial charge in [0, 0.05) is 20.7 Å². The molecule has 2 unspecified atom stereocenters. The molecule has 100 valence electrons. The molecule has 0 amide bonds. The first-order valence-electron chi connectivity index (χ1n) is 6.04. The first-order valence-corrected chi connectivity index (χ1v) is 7.67. The van der Waals surface area contributed by atoms with Crippen LogP contribution in [0.5, 0.6) is 0 Å². The van der Waals surface area contributed by atoms with E-state index in [1.165, 1.54) is 0 Å². The van der Waals surface area contributed by atoms with Crippen molar-refractivity contribution < 1.29 is 5.11 Å². The minimum absolute atomic E-state index is 0.0489. The van der Waals surface area contributed by atoms with Gasteiger partial charge in [0.1, 0.15) is 0 Å². The van der Waals surface area contributed by atoms with Crippen LogP contribution in [0.25, 0.3) is 0 Å². The van der Waals surface area contributed by atoms with Crippen molar-refractivity contribution in [1.29, 1.82) is 0 Å². The number of hydrogen-bond acceptors (Lipinski definition) is 3. The highest BCUT2D eigenvalue weighted by Gasteiger charge is 2.32. The summed E-state index contributed by atoms with van der Waals surface area (Å²) >= 11 is 13.9. The topological polar surface area (TPSA) is 46.2 Å². The van der Waals surface area contributed by atoms with E-state index in [4.69, 9.17) is 28.9 Å². The molecule has 0 aromatic heterocycles. The molecular weight excluding hydrogens is 289 g/mol. The van der Waals surface area contributed by atoms with Gasteiger partial charge in [-0.15, -0.1) is 11.8 Å². The standard InChI is InChI=1S/C13H17Cl2NOS/c14-9-3-4-11(15)12(6-9)18-10-2-1-5-13(16,7-10)8-17/h3-4,6,10,17H,1-2,5,7-8,16H2. The molecule has 0 spiro atoms. The van der Waals surface area contributed by atoms with E-state index in [-0.39, 0.29) is 6.61 Å². The fourth-order valence-electron chi connectivity index (χ4n) is 2.33. The molecule has 0 radical (unpaired) electrons. The van der Waals surface area contributed by atoms with Crippen LogP contribution in [0, 0.1) is 0 Å². The van der Waals surface area contributed by atoms with Crippen molar-refractivity contribution in [3.63, 3.8) is 0 Å². The number of benzene rings is 1. The van der Waals surface area contributed by atoms with E-state index in [9.17, 15) is 5.11 Å². The van der Waals surface area contributed by atoms with Crippen molar-refractivity contribution in [2.75, 3.05) is 6.61 Å².